The summed E-state index contributed by atoms with van der Waals surface area (Å²) in [6.07, 6.45) is 2.62. The molecule has 0 aliphatic rings. The van der Waals surface area contributed by atoms with Crippen LogP contribution >= 0.6 is 15.9 Å². The quantitative estimate of drug-likeness (QED) is 0.324. The largest absolute Gasteiger partial charge is 0.490 e. The van der Waals surface area contributed by atoms with E-state index in [0.717, 1.165) is 16.5 Å². The van der Waals surface area contributed by atoms with Crippen LogP contribution in [0.1, 0.15) is 32.8 Å². The number of rotatable bonds is 9. The number of hydrogen-bond donors (Lipinski definition) is 1. The van der Waals surface area contributed by atoms with E-state index in [4.69, 9.17) is 9.47 Å². The molecule has 144 valence electrons. The number of nitro benzene ring substituents is 1. The molecule has 1 N–H and O–H groups in total. The summed E-state index contributed by atoms with van der Waals surface area (Å²) in [5.74, 6) is 1.33. The lowest BCUT2D eigenvalue weighted by molar-refractivity contribution is -0.384. The average molecular weight is 436 g/mol. The molecule has 2 aromatic rings. The highest BCUT2D eigenvalue weighted by Gasteiger charge is 2.12. The van der Waals surface area contributed by atoms with Crippen molar-refractivity contribution in [2.75, 3.05) is 12.0 Å². The minimum atomic E-state index is -0.442. The predicted molar refractivity (Wildman–Crippen MR) is 110 cm³/mol. The highest BCUT2D eigenvalue weighted by molar-refractivity contribution is 9.10. The molecule has 0 radical (unpaired) electrons. The second-order valence-electron chi connectivity index (χ2n) is 5.76. The Balaban J connectivity index is 2.15. The zero-order valence-corrected chi connectivity index (χ0v) is 17.0. The summed E-state index contributed by atoms with van der Waals surface area (Å²) in [5.41, 5.74) is 4.34. The molecular formula is C19H22BrN3O4. The van der Waals surface area contributed by atoms with Crippen LogP contribution in [0.2, 0.25) is 0 Å². The molecule has 0 saturated heterocycles. The molecule has 7 nitrogen and oxygen atoms in total. The van der Waals surface area contributed by atoms with Crippen LogP contribution < -0.4 is 14.9 Å². The van der Waals surface area contributed by atoms with E-state index in [1.165, 1.54) is 12.1 Å². The van der Waals surface area contributed by atoms with Crippen LogP contribution in [0.5, 0.6) is 11.5 Å². The number of halogens is 1. The average Bonchev–Trinajstić information content (AvgIpc) is 2.65. The molecule has 0 aliphatic carbocycles. The minimum absolute atomic E-state index is 0.0329. The van der Waals surface area contributed by atoms with Crippen LogP contribution in [-0.4, -0.2) is 23.8 Å². The monoisotopic (exact) mass is 435 g/mol. The first kappa shape index (κ1) is 20.7. The van der Waals surface area contributed by atoms with E-state index in [0.29, 0.717) is 23.8 Å². The molecule has 2 rings (SSSR count). The molecule has 0 bridgehead atoms. The summed E-state index contributed by atoms with van der Waals surface area (Å²) in [7, 11) is 0. The lowest BCUT2D eigenvalue weighted by Crippen LogP contribution is -2.11. The molecule has 0 fully saturated rings. The SMILES string of the molecule is CCOc1cc(/C=N/Nc2ccc([N+](=O)[O-])cc2)c(Br)cc1O[C@H](C)CC. The van der Waals surface area contributed by atoms with Gasteiger partial charge in [0.05, 0.1) is 29.5 Å². The maximum absolute atomic E-state index is 10.7. The van der Waals surface area contributed by atoms with E-state index in [1.807, 2.05) is 26.0 Å². The van der Waals surface area contributed by atoms with Gasteiger partial charge in [-0.1, -0.05) is 6.92 Å². The number of anilines is 1. The second-order valence-corrected chi connectivity index (χ2v) is 6.62. The van der Waals surface area contributed by atoms with Gasteiger partial charge in [-0.15, -0.1) is 0 Å². The van der Waals surface area contributed by atoms with Crippen LogP contribution in [0.15, 0.2) is 46.0 Å². The third kappa shape index (κ3) is 5.96. The van der Waals surface area contributed by atoms with E-state index in [2.05, 4.69) is 33.4 Å². The lowest BCUT2D eigenvalue weighted by Gasteiger charge is -2.17. The Morgan fingerprint density at radius 3 is 2.56 bits per heavy atom. The van der Waals surface area contributed by atoms with Gasteiger partial charge in [-0.3, -0.25) is 15.5 Å². The van der Waals surface area contributed by atoms with Crippen molar-refractivity contribution in [1.82, 2.24) is 0 Å². The molecule has 0 unspecified atom stereocenters. The molecule has 0 heterocycles. The molecule has 0 saturated carbocycles. The molecule has 1 atom stereocenters. The topological polar surface area (TPSA) is 86.0 Å². The highest BCUT2D eigenvalue weighted by atomic mass is 79.9. The van der Waals surface area contributed by atoms with Crippen molar-refractivity contribution in [3.8, 4) is 11.5 Å². The molecule has 0 amide bonds. The number of hydrazone groups is 1. The van der Waals surface area contributed by atoms with E-state index in [-0.39, 0.29) is 11.8 Å². The Hall–Kier alpha value is -2.61. The van der Waals surface area contributed by atoms with Crippen molar-refractivity contribution in [3.05, 3.63) is 56.5 Å². The fourth-order valence-corrected chi connectivity index (χ4v) is 2.57. The third-order valence-electron chi connectivity index (χ3n) is 3.74. The van der Waals surface area contributed by atoms with Crippen LogP contribution in [0, 0.1) is 10.1 Å². The number of nitrogens with zero attached hydrogens (tertiary/aromatic N) is 2. The zero-order valence-electron chi connectivity index (χ0n) is 15.4. The van der Waals surface area contributed by atoms with Gasteiger partial charge in [0.15, 0.2) is 11.5 Å². The van der Waals surface area contributed by atoms with E-state index in [1.54, 1.807) is 18.3 Å². The summed E-state index contributed by atoms with van der Waals surface area (Å²) in [6.45, 7) is 6.51. The van der Waals surface area contributed by atoms with Gasteiger partial charge < -0.3 is 9.47 Å². The lowest BCUT2D eigenvalue weighted by atomic mass is 10.2. The molecule has 0 aliphatic heterocycles. The van der Waals surface area contributed by atoms with Gasteiger partial charge in [-0.05, 0) is 60.5 Å². The van der Waals surface area contributed by atoms with Crippen molar-refractivity contribution < 1.29 is 14.4 Å². The summed E-state index contributed by atoms with van der Waals surface area (Å²) in [6, 6.07) is 9.75. The van der Waals surface area contributed by atoms with Gasteiger partial charge in [0.2, 0.25) is 0 Å². The van der Waals surface area contributed by atoms with E-state index >= 15 is 0 Å². The molecule has 0 spiro atoms. The molecular weight excluding hydrogens is 414 g/mol. The Morgan fingerprint density at radius 1 is 1.26 bits per heavy atom. The second kappa shape index (κ2) is 9.91. The van der Waals surface area contributed by atoms with Crippen molar-refractivity contribution >= 4 is 33.5 Å². The van der Waals surface area contributed by atoms with Crippen molar-refractivity contribution in [2.24, 2.45) is 5.10 Å². The van der Waals surface area contributed by atoms with E-state index in [9.17, 15) is 10.1 Å². The first-order valence-corrected chi connectivity index (χ1v) is 9.40. The number of nitrogens with one attached hydrogen (secondary N) is 1. The number of ether oxygens (including phenoxy) is 2. The molecule has 0 aromatic heterocycles. The Morgan fingerprint density at radius 2 is 1.96 bits per heavy atom. The van der Waals surface area contributed by atoms with Gasteiger partial charge in [0, 0.05) is 22.2 Å². The van der Waals surface area contributed by atoms with Crippen LogP contribution in [-0.2, 0) is 0 Å². The van der Waals surface area contributed by atoms with Gasteiger partial charge in [0.1, 0.15) is 0 Å². The van der Waals surface area contributed by atoms with Crippen LogP contribution in [0.3, 0.4) is 0 Å². The Kier molecular flexibility index (Phi) is 7.60. The first-order valence-electron chi connectivity index (χ1n) is 8.61. The minimum Gasteiger partial charge on any atom is -0.490 e. The predicted octanol–water partition coefficient (Wildman–Crippen LogP) is 5.38. The maximum atomic E-state index is 10.7. The van der Waals surface area contributed by atoms with Gasteiger partial charge in [-0.25, -0.2) is 0 Å². The number of non-ortho nitro benzene ring substituents is 1. The fraction of sp³-hybridized carbons (Fsp3) is 0.316. The summed E-state index contributed by atoms with van der Waals surface area (Å²) in [4.78, 5) is 10.2. The first-order chi connectivity index (χ1) is 12.9. The highest BCUT2D eigenvalue weighted by Crippen LogP contribution is 2.34. The van der Waals surface area contributed by atoms with Crippen LogP contribution in [0.4, 0.5) is 11.4 Å². The smallest absolute Gasteiger partial charge is 0.269 e. The standard InChI is InChI=1S/C19H22BrN3O4/c1-4-13(3)27-19-11-17(20)14(10-18(19)26-5-2)12-21-22-15-6-8-16(9-7-15)23(24)25/h6-13,22H,4-5H2,1-3H3/b21-12+/t13-/m1/s1. The Labute approximate surface area is 166 Å². The summed E-state index contributed by atoms with van der Waals surface area (Å²) < 4.78 is 12.4. The van der Waals surface area contributed by atoms with Crippen LogP contribution in [0.25, 0.3) is 0 Å². The molecule has 8 heteroatoms. The van der Waals surface area contributed by atoms with Crippen molar-refractivity contribution in [2.45, 2.75) is 33.3 Å². The normalized spacial score (nSPS) is 12.0. The third-order valence-corrected chi connectivity index (χ3v) is 4.43. The van der Waals surface area contributed by atoms with Gasteiger partial charge in [-0.2, -0.15) is 5.10 Å². The number of hydrogen-bond acceptors (Lipinski definition) is 6. The van der Waals surface area contributed by atoms with Gasteiger partial charge in [0.25, 0.3) is 5.69 Å². The van der Waals surface area contributed by atoms with Crippen molar-refractivity contribution in [3.63, 3.8) is 0 Å². The molecule has 27 heavy (non-hydrogen) atoms. The van der Waals surface area contributed by atoms with E-state index < -0.39 is 4.92 Å². The number of nitro groups is 1. The van der Waals surface area contributed by atoms with Crippen molar-refractivity contribution in [1.29, 1.82) is 0 Å². The fourth-order valence-electron chi connectivity index (χ4n) is 2.14. The zero-order chi connectivity index (χ0) is 19.8. The maximum Gasteiger partial charge on any atom is 0.269 e. The van der Waals surface area contributed by atoms with Gasteiger partial charge >= 0.3 is 0 Å². The summed E-state index contributed by atoms with van der Waals surface area (Å²) in [5, 5.41) is 14.9. The Bertz CT molecular complexity index is 809. The number of benzene rings is 2. The summed E-state index contributed by atoms with van der Waals surface area (Å²) >= 11 is 3.53. The molecule has 2 aromatic carbocycles.